The Labute approximate surface area is 117 Å². The first-order chi connectivity index (χ1) is 8.93. The molecule has 0 aliphatic carbocycles. The summed E-state index contributed by atoms with van der Waals surface area (Å²) >= 11 is 0. The standard InChI is InChI=1S/C16H27NO2/c1-7-17-14(15(19-6)16(2,3)4)12-9-8-10-13(11-12)18-5/h8-11,14-15,17H,7H2,1-6H3. The van der Waals surface area contributed by atoms with Gasteiger partial charge in [0.2, 0.25) is 0 Å². The van der Waals surface area contributed by atoms with Crippen LogP contribution in [0, 0.1) is 5.41 Å². The average Bonchev–Trinajstić information content (AvgIpc) is 2.37. The molecule has 108 valence electrons. The number of ether oxygens (including phenoxy) is 2. The second-order valence-corrected chi connectivity index (χ2v) is 5.83. The minimum absolute atomic E-state index is 0.0602. The second-order valence-electron chi connectivity index (χ2n) is 5.83. The molecule has 0 amide bonds. The Morgan fingerprint density at radius 2 is 1.89 bits per heavy atom. The molecule has 1 N–H and O–H groups in total. The van der Waals surface area contributed by atoms with Crippen molar-refractivity contribution in [1.29, 1.82) is 0 Å². The van der Waals surface area contributed by atoms with E-state index in [0.29, 0.717) is 0 Å². The van der Waals surface area contributed by atoms with Gasteiger partial charge in [-0.15, -0.1) is 0 Å². The summed E-state index contributed by atoms with van der Waals surface area (Å²) in [5, 5.41) is 3.53. The first kappa shape index (κ1) is 16.0. The fourth-order valence-electron chi connectivity index (χ4n) is 2.44. The van der Waals surface area contributed by atoms with Crippen molar-refractivity contribution in [2.45, 2.75) is 39.8 Å². The third kappa shape index (κ3) is 4.22. The van der Waals surface area contributed by atoms with Crippen LogP contribution in [0.5, 0.6) is 5.75 Å². The summed E-state index contributed by atoms with van der Waals surface area (Å²) in [5.74, 6) is 0.879. The quantitative estimate of drug-likeness (QED) is 0.855. The largest absolute Gasteiger partial charge is 0.497 e. The Balaban J connectivity index is 3.10. The molecule has 1 aromatic rings. The first-order valence-electron chi connectivity index (χ1n) is 6.84. The summed E-state index contributed by atoms with van der Waals surface area (Å²) < 4.78 is 11.1. The van der Waals surface area contributed by atoms with E-state index in [-0.39, 0.29) is 17.6 Å². The van der Waals surface area contributed by atoms with Gasteiger partial charge >= 0.3 is 0 Å². The van der Waals surface area contributed by atoms with Crippen LogP contribution >= 0.6 is 0 Å². The lowest BCUT2D eigenvalue weighted by atomic mass is 9.82. The Bertz CT molecular complexity index is 385. The van der Waals surface area contributed by atoms with E-state index in [1.165, 1.54) is 5.56 Å². The number of methoxy groups -OCH3 is 2. The minimum atomic E-state index is 0.0602. The molecule has 0 saturated heterocycles. The second kappa shape index (κ2) is 6.92. The van der Waals surface area contributed by atoms with Crippen LogP contribution in [0.15, 0.2) is 24.3 Å². The lowest BCUT2D eigenvalue weighted by Crippen LogP contribution is -2.41. The Morgan fingerprint density at radius 1 is 1.21 bits per heavy atom. The van der Waals surface area contributed by atoms with E-state index in [0.717, 1.165) is 12.3 Å². The number of benzene rings is 1. The summed E-state index contributed by atoms with van der Waals surface area (Å²) in [5.41, 5.74) is 1.26. The zero-order valence-electron chi connectivity index (χ0n) is 13.0. The van der Waals surface area contributed by atoms with Crippen LogP contribution in [0.2, 0.25) is 0 Å². The maximum Gasteiger partial charge on any atom is 0.119 e. The molecule has 1 aromatic carbocycles. The van der Waals surface area contributed by atoms with Gasteiger partial charge in [-0.25, -0.2) is 0 Å². The molecule has 0 radical (unpaired) electrons. The van der Waals surface area contributed by atoms with Gasteiger partial charge in [-0.1, -0.05) is 39.8 Å². The van der Waals surface area contributed by atoms with Crippen molar-refractivity contribution in [1.82, 2.24) is 5.32 Å². The van der Waals surface area contributed by atoms with Gasteiger partial charge in [-0.2, -0.15) is 0 Å². The van der Waals surface area contributed by atoms with Crippen LogP contribution in [-0.2, 0) is 4.74 Å². The minimum Gasteiger partial charge on any atom is -0.497 e. The fraction of sp³-hybridized carbons (Fsp3) is 0.625. The van der Waals surface area contributed by atoms with E-state index in [1.807, 2.05) is 12.1 Å². The van der Waals surface area contributed by atoms with E-state index in [9.17, 15) is 0 Å². The molecular weight excluding hydrogens is 238 g/mol. The molecule has 19 heavy (non-hydrogen) atoms. The van der Waals surface area contributed by atoms with Crippen LogP contribution in [0.4, 0.5) is 0 Å². The number of hydrogen-bond acceptors (Lipinski definition) is 3. The summed E-state index contributed by atoms with van der Waals surface area (Å²) in [6, 6.07) is 8.34. The highest BCUT2D eigenvalue weighted by Gasteiger charge is 2.33. The highest BCUT2D eigenvalue weighted by Crippen LogP contribution is 2.33. The van der Waals surface area contributed by atoms with Crippen LogP contribution in [-0.4, -0.2) is 26.9 Å². The van der Waals surface area contributed by atoms with E-state index in [1.54, 1.807) is 14.2 Å². The van der Waals surface area contributed by atoms with E-state index in [4.69, 9.17) is 9.47 Å². The van der Waals surface area contributed by atoms with Gasteiger partial charge in [0.05, 0.1) is 19.3 Å². The highest BCUT2D eigenvalue weighted by molar-refractivity contribution is 5.31. The molecule has 3 heteroatoms. The average molecular weight is 265 g/mol. The van der Waals surface area contributed by atoms with E-state index in [2.05, 4.69) is 45.1 Å². The predicted molar refractivity (Wildman–Crippen MR) is 79.7 cm³/mol. The monoisotopic (exact) mass is 265 g/mol. The highest BCUT2D eigenvalue weighted by atomic mass is 16.5. The normalized spacial score (nSPS) is 15.1. The molecule has 3 nitrogen and oxygen atoms in total. The molecule has 0 heterocycles. The van der Waals surface area contributed by atoms with E-state index < -0.39 is 0 Å². The maximum absolute atomic E-state index is 5.75. The molecule has 0 saturated carbocycles. The van der Waals surface area contributed by atoms with Gasteiger partial charge in [0.25, 0.3) is 0 Å². The van der Waals surface area contributed by atoms with Crippen LogP contribution in [0.1, 0.15) is 39.3 Å². The lowest BCUT2D eigenvalue weighted by Gasteiger charge is -2.36. The van der Waals surface area contributed by atoms with Crippen molar-refractivity contribution in [3.05, 3.63) is 29.8 Å². The van der Waals surface area contributed by atoms with Crippen LogP contribution in [0.3, 0.4) is 0 Å². The Morgan fingerprint density at radius 3 is 2.37 bits per heavy atom. The third-order valence-corrected chi connectivity index (χ3v) is 3.29. The molecule has 0 aliphatic heterocycles. The maximum atomic E-state index is 5.75. The molecular formula is C16H27NO2. The Kier molecular flexibility index (Phi) is 5.83. The van der Waals surface area contributed by atoms with Crippen molar-refractivity contribution < 1.29 is 9.47 Å². The van der Waals surface area contributed by atoms with Crippen molar-refractivity contribution in [3.63, 3.8) is 0 Å². The molecule has 2 atom stereocenters. The molecule has 1 rings (SSSR count). The van der Waals surface area contributed by atoms with Gasteiger partial charge in [0.1, 0.15) is 5.75 Å². The summed E-state index contributed by atoms with van der Waals surface area (Å²) in [7, 11) is 3.47. The van der Waals surface area contributed by atoms with E-state index >= 15 is 0 Å². The molecule has 0 fully saturated rings. The van der Waals surface area contributed by atoms with Crippen molar-refractivity contribution in [2.75, 3.05) is 20.8 Å². The zero-order chi connectivity index (χ0) is 14.5. The molecule has 0 aromatic heterocycles. The number of hydrogen-bond donors (Lipinski definition) is 1. The van der Waals surface area contributed by atoms with Gasteiger partial charge in [0, 0.05) is 7.11 Å². The van der Waals surface area contributed by atoms with Gasteiger partial charge < -0.3 is 14.8 Å². The van der Waals surface area contributed by atoms with Crippen LogP contribution in [0.25, 0.3) is 0 Å². The molecule has 2 unspecified atom stereocenters. The first-order valence-corrected chi connectivity index (χ1v) is 6.84. The van der Waals surface area contributed by atoms with Crippen molar-refractivity contribution in [3.8, 4) is 5.75 Å². The molecule has 0 bridgehead atoms. The molecule has 0 aliphatic rings. The number of nitrogens with one attached hydrogen (secondary N) is 1. The summed E-state index contributed by atoms with van der Waals surface area (Å²) in [6.07, 6.45) is 0.0968. The SMILES string of the molecule is CCNC(c1cccc(OC)c1)C(OC)C(C)(C)C. The van der Waals surface area contributed by atoms with Gasteiger partial charge in [-0.3, -0.25) is 0 Å². The van der Waals surface area contributed by atoms with Gasteiger partial charge in [-0.05, 0) is 29.7 Å². The summed E-state index contributed by atoms with van der Waals surface area (Å²) in [4.78, 5) is 0. The Hall–Kier alpha value is -1.06. The fourth-order valence-corrected chi connectivity index (χ4v) is 2.44. The van der Waals surface area contributed by atoms with Crippen molar-refractivity contribution in [2.24, 2.45) is 5.41 Å². The van der Waals surface area contributed by atoms with Crippen molar-refractivity contribution >= 4 is 0 Å². The van der Waals surface area contributed by atoms with Gasteiger partial charge in [0.15, 0.2) is 0 Å². The topological polar surface area (TPSA) is 30.5 Å². The summed E-state index contributed by atoms with van der Waals surface area (Å²) in [6.45, 7) is 9.61. The lowest BCUT2D eigenvalue weighted by molar-refractivity contribution is -0.0116. The third-order valence-electron chi connectivity index (χ3n) is 3.29. The smallest absolute Gasteiger partial charge is 0.119 e. The van der Waals surface area contributed by atoms with Crippen LogP contribution < -0.4 is 10.1 Å². The number of likely N-dealkylation sites (N-methyl/N-ethyl adjacent to an activating group) is 1. The molecule has 0 spiro atoms. The zero-order valence-corrected chi connectivity index (χ0v) is 13.0. The number of rotatable bonds is 6. The predicted octanol–water partition coefficient (Wildman–Crippen LogP) is 3.41.